The molecule has 0 spiro atoms. The van der Waals surface area contributed by atoms with Gasteiger partial charge in [-0.3, -0.25) is 0 Å². The Balaban J connectivity index is 1.86. The predicted octanol–water partition coefficient (Wildman–Crippen LogP) is 2.30. The minimum atomic E-state index is 0.718. The van der Waals surface area contributed by atoms with Crippen LogP contribution >= 0.6 is 0 Å². The van der Waals surface area contributed by atoms with Crippen LogP contribution in [0.2, 0.25) is 0 Å². The van der Waals surface area contributed by atoms with Gasteiger partial charge in [-0.2, -0.15) is 5.10 Å². The molecule has 0 aromatic rings. The molecule has 0 saturated heterocycles. The first-order chi connectivity index (χ1) is 5.90. The van der Waals surface area contributed by atoms with Gasteiger partial charge in [-0.25, -0.2) is 0 Å². The van der Waals surface area contributed by atoms with Crippen LogP contribution in [0.25, 0.3) is 0 Å². The smallest absolute Gasteiger partial charge is 0.0441 e. The van der Waals surface area contributed by atoms with Gasteiger partial charge < -0.3 is 5.43 Å². The first kappa shape index (κ1) is 8.09. The molecule has 1 atom stereocenters. The van der Waals surface area contributed by atoms with Gasteiger partial charge in [-0.05, 0) is 44.4 Å². The Kier molecular flexibility index (Phi) is 2.33. The van der Waals surface area contributed by atoms with E-state index in [1.165, 1.54) is 44.2 Å². The van der Waals surface area contributed by atoms with E-state index in [-0.39, 0.29) is 0 Å². The summed E-state index contributed by atoms with van der Waals surface area (Å²) in [7, 11) is 0. The second-order valence-electron chi connectivity index (χ2n) is 4.00. The first-order valence-corrected chi connectivity index (χ1v) is 5.22. The fraction of sp³-hybridized carbons (Fsp3) is 0.900. The lowest BCUT2D eigenvalue weighted by molar-refractivity contribution is 0.634. The van der Waals surface area contributed by atoms with Crippen molar-refractivity contribution in [1.29, 1.82) is 0 Å². The lowest BCUT2D eigenvalue weighted by Crippen LogP contribution is -2.15. The van der Waals surface area contributed by atoms with Crippen LogP contribution in [-0.2, 0) is 0 Å². The van der Waals surface area contributed by atoms with Crippen molar-refractivity contribution in [3.8, 4) is 0 Å². The Morgan fingerprint density at radius 3 is 2.92 bits per heavy atom. The van der Waals surface area contributed by atoms with Gasteiger partial charge in [0.2, 0.25) is 0 Å². The highest BCUT2D eigenvalue weighted by atomic mass is 15.3. The monoisotopic (exact) mass is 166 g/mol. The zero-order valence-electron chi connectivity index (χ0n) is 7.84. The van der Waals surface area contributed by atoms with Crippen molar-refractivity contribution in [2.75, 3.05) is 0 Å². The second kappa shape index (κ2) is 3.46. The van der Waals surface area contributed by atoms with Gasteiger partial charge in [0.25, 0.3) is 0 Å². The SMILES string of the molecule is CCC1CCC/C1=N\NC1CC1. The molecule has 0 aromatic carbocycles. The highest BCUT2D eigenvalue weighted by molar-refractivity contribution is 5.88. The van der Waals surface area contributed by atoms with Gasteiger partial charge in [0.1, 0.15) is 0 Å². The van der Waals surface area contributed by atoms with Crippen molar-refractivity contribution in [1.82, 2.24) is 5.43 Å². The maximum absolute atomic E-state index is 4.50. The van der Waals surface area contributed by atoms with E-state index >= 15 is 0 Å². The molecule has 68 valence electrons. The minimum absolute atomic E-state index is 0.718. The fourth-order valence-electron chi connectivity index (χ4n) is 1.87. The molecule has 0 heterocycles. The second-order valence-corrected chi connectivity index (χ2v) is 4.00. The molecule has 0 aliphatic heterocycles. The van der Waals surface area contributed by atoms with E-state index in [9.17, 15) is 0 Å². The summed E-state index contributed by atoms with van der Waals surface area (Å²) in [5.74, 6) is 0.788. The molecule has 2 saturated carbocycles. The van der Waals surface area contributed by atoms with E-state index < -0.39 is 0 Å². The molecule has 1 unspecified atom stereocenters. The summed E-state index contributed by atoms with van der Waals surface area (Å²) in [6.07, 6.45) is 7.87. The van der Waals surface area contributed by atoms with E-state index in [2.05, 4.69) is 17.5 Å². The summed E-state index contributed by atoms with van der Waals surface area (Å²) >= 11 is 0. The zero-order valence-corrected chi connectivity index (χ0v) is 7.84. The molecule has 2 nitrogen and oxygen atoms in total. The summed E-state index contributed by atoms with van der Waals surface area (Å²) < 4.78 is 0. The van der Waals surface area contributed by atoms with Crippen molar-refractivity contribution in [2.45, 2.75) is 51.5 Å². The Labute approximate surface area is 74.4 Å². The summed E-state index contributed by atoms with van der Waals surface area (Å²) in [6.45, 7) is 2.27. The summed E-state index contributed by atoms with van der Waals surface area (Å²) in [6, 6.07) is 0.718. The summed E-state index contributed by atoms with van der Waals surface area (Å²) in [5, 5.41) is 4.50. The minimum Gasteiger partial charge on any atom is -0.307 e. The molecule has 2 rings (SSSR count). The van der Waals surface area contributed by atoms with Crippen molar-refractivity contribution >= 4 is 5.71 Å². The Bertz CT molecular complexity index is 182. The molecule has 12 heavy (non-hydrogen) atoms. The average Bonchev–Trinajstić information content (AvgIpc) is 2.81. The third-order valence-corrected chi connectivity index (χ3v) is 2.92. The third-order valence-electron chi connectivity index (χ3n) is 2.92. The Morgan fingerprint density at radius 1 is 1.42 bits per heavy atom. The van der Waals surface area contributed by atoms with Crippen LogP contribution in [0.5, 0.6) is 0 Å². The number of hydrogen-bond acceptors (Lipinski definition) is 2. The standard InChI is InChI=1S/C10H18N2/c1-2-8-4-3-5-10(8)12-11-9-6-7-9/h8-9,11H,2-7H2,1H3/b12-10+. The molecule has 1 N–H and O–H groups in total. The number of rotatable bonds is 3. The lowest BCUT2D eigenvalue weighted by atomic mass is 10.0. The highest BCUT2D eigenvalue weighted by Crippen LogP contribution is 2.26. The molecule has 0 bridgehead atoms. The average molecular weight is 166 g/mol. The number of nitrogens with zero attached hydrogens (tertiary/aromatic N) is 1. The number of nitrogens with one attached hydrogen (secondary N) is 1. The van der Waals surface area contributed by atoms with Crippen LogP contribution in [0.4, 0.5) is 0 Å². The van der Waals surface area contributed by atoms with Crippen LogP contribution in [0.1, 0.15) is 45.4 Å². The lowest BCUT2D eigenvalue weighted by Gasteiger charge is -2.07. The van der Waals surface area contributed by atoms with E-state index in [4.69, 9.17) is 0 Å². The maximum Gasteiger partial charge on any atom is 0.0441 e. The van der Waals surface area contributed by atoms with Crippen LogP contribution in [0.15, 0.2) is 5.10 Å². The molecule has 0 radical (unpaired) electrons. The molecule has 2 aliphatic rings. The topological polar surface area (TPSA) is 24.4 Å². The first-order valence-electron chi connectivity index (χ1n) is 5.22. The zero-order chi connectivity index (χ0) is 8.39. The van der Waals surface area contributed by atoms with Crippen molar-refractivity contribution in [2.24, 2.45) is 11.0 Å². The quantitative estimate of drug-likeness (QED) is 0.639. The van der Waals surface area contributed by atoms with Crippen molar-refractivity contribution in [3.05, 3.63) is 0 Å². The normalized spacial score (nSPS) is 32.8. The van der Waals surface area contributed by atoms with Gasteiger partial charge in [0.15, 0.2) is 0 Å². The Morgan fingerprint density at radius 2 is 2.25 bits per heavy atom. The molecule has 2 heteroatoms. The molecule has 0 aromatic heterocycles. The number of hydrogen-bond donors (Lipinski definition) is 1. The molecule has 2 aliphatic carbocycles. The predicted molar refractivity (Wildman–Crippen MR) is 51.2 cm³/mol. The fourth-order valence-corrected chi connectivity index (χ4v) is 1.87. The number of hydrazone groups is 1. The van der Waals surface area contributed by atoms with Gasteiger partial charge in [-0.15, -0.1) is 0 Å². The molecule has 2 fully saturated rings. The summed E-state index contributed by atoms with van der Waals surface area (Å²) in [4.78, 5) is 0. The van der Waals surface area contributed by atoms with E-state index in [1.54, 1.807) is 0 Å². The van der Waals surface area contributed by atoms with Gasteiger partial charge >= 0.3 is 0 Å². The van der Waals surface area contributed by atoms with Crippen LogP contribution in [0, 0.1) is 5.92 Å². The summed E-state index contributed by atoms with van der Waals surface area (Å²) in [5.41, 5.74) is 4.69. The maximum atomic E-state index is 4.50. The van der Waals surface area contributed by atoms with E-state index in [0.717, 1.165) is 12.0 Å². The van der Waals surface area contributed by atoms with Crippen molar-refractivity contribution < 1.29 is 0 Å². The molecule has 0 amide bonds. The van der Waals surface area contributed by atoms with Gasteiger partial charge in [0.05, 0.1) is 0 Å². The van der Waals surface area contributed by atoms with Crippen LogP contribution in [0.3, 0.4) is 0 Å². The van der Waals surface area contributed by atoms with E-state index in [1.807, 2.05) is 0 Å². The molecular weight excluding hydrogens is 148 g/mol. The highest BCUT2D eigenvalue weighted by Gasteiger charge is 2.23. The van der Waals surface area contributed by atoms with Crippen molar-refractivity contribution in [3.63, 3.8) is 0 Å². The van der Waals surface area contributed by atoms with Crippen LogP contribution < -0.4 is 5.43 Å². The van der Waals surface area contributed by atoms with E-state index in [0.29, 0.717) is 0 Å². The largest absolute Gasteiger partial charge is 0.307 e. The van der Waals surface area contributed by atoms with Gasteiger partial charge in [-0.1, -0.05) is 6.92 Å². The van der Waals surface area contributed by atoms with Crippen LogP contribution in [-0.4, -0.2) is 11.8 Å². The third kappa shape index (κ3) is 1.79. The Hall–Kier alpha value is -0.530. The molecular formula is C10H18N2. The van der Waals surface area contributed by atoms with Gasteiger partial charge in [0, 0.05) is 11.8 Å².